The molecule has 2 N–H and O–H groups in total. The van der Waals surface area contributed by atoms with E-state index in [1.54, 1.807) is 0 Å². The zero-order chi connectivity index (χ0) is 18.1. The van der Waals surface area contributed by atoms with E-state index in [1.807, 2.05) is 7.05 Å². The van der Waals surface area contributed by atoms with Crippen molar-refractivity contribution in [3.63, 3.8) is 0 Å². The number of likely N-dealkylation sites (tertiary alicyclic amines) is 1. The molecule has 4 nitrogen and oxygen atoms in total. The van der Waals surface area contributed by atoms with Crippen molar-refractivity contribution in [1.82, 2.24) is 15.5 Å². The average molecular weight is 472 g/mol. The van der Waals surface area contributed by atoms with Crippen molar-refractivity contribution in [2.45, 2.75) is 52.0 Å². The molecule has 0 aliphatic carbocycles. The molecule has 0 amide bonds. The fraction of sp³-hybridized carbons (Fsp3) is 0.667. The van der Waals surface area contributed by atoms with Crippen LogP contribution in [-0.2, 0) is 0 Å². The zero-order valence-corrected chi connectivity index (χ0v) is 19.2. The Kier molecular flexibility index (Phi) is 11.2. The number of nitrogens with zero attached hydrogens (tertiary/aromatic N) is 2. The molecule has 2 atom stereocenters. The van der Waals surface area contributed by atoms with Crippen LogP contribution in [0.1, 0.15) is 51.5 Å². The molecule has 1 saturated heterocycles. The van der Waals surface area contributed by atoms with Crippen molar-refractivity contribution in [1.29, 1.82) is 0 Å². The average Bonchev–Trinajstić information content (AvgIpc) is 2.67. The third-order valence-electron chi connectivity index (χ3n) is 5.66. The van der Waals surface area contributed by atoms with Crippen LogP contribution in [0.25, 0.3) is 0 Å². The van der Waals surface area contributed by atoms with Gasteiger partial charge in [0.05, 0.1) is 0 Å². The lowest BCUT2D eigenvalue weighted by molar-refractivity contribution is 0.187. The highest BCUT2D eigenvalue weighted by Crippen LogP contribution is 2.20. The Labute approximate surface area is 177 Å². The largest absolute Gasteiger partial charge is 0.356 e. The van der Waals surface area contributed by atoms with Crippen LogP contribution < -0.4 is 10.6 Å². The van der Waals surface area contributed by atoms with Crippen molar-refractivity contribution in [3.8, 4) is 0 Å². The summed E-state index contributed by atoms with van der Waals surface area (Å²) in [6, 6.07) is 11.0. The molecule has 0 bridgehead atoms. The SMILES string of the molecule is CCN1CCC(CCNC(=NC)NC(C)C(C)c2ccccc2)CC1.I. The van der Waals surface area contributed by atoms with Crippen LogP contribution in [-0.4, -0.2) is 50.1 Å². The number of halogens is 1. The summed E-state index contributed by atoms with van der Waals surface area (Å²) < 4.78 is 0. The quantitative estimate of drug-likeness (QED) is 0.357. The molecule has 148 valence electrons. The molecule has 1 aromatic rings. The van der Waals surface area contributed by atoms with Crippen LogP contribution in [0.3, 0.4) is 0 Å². The van der Waals surface area contributed by atoms with Gasteiger partial charge in [0, 0.05) is 25.6 Å². The van der Waals surface area contributed by atoms with Crippen LogP contribution in [0.15, 0.2) is 35.3 Å². The molecule has 5 heteroatoms. The molecule has 2 rings (SSSR count). The fourth-order valence-electron chi connectivity index (χ4n) is 3.57. The lowest BCUT2D eigenvalue weighted by Crippen LogP contribution is -2.45. The van der Waals surface area contributed by atoms with Gasteiger partial charge in [0.1, 0.15) is 0 Å². The van der Waals surface area contributed by atoms with Crippen LogP contribution >= 0.6 is 24.0 Å². The number of benzene rings is 1. The van der Waals surface area contributed by atoms with E-state index in [2.05, 4.69) is 71.6 Å². The van der Waals surface area contributed by atoms with E-state index in [0.717, 1.165) is 18.4 Å². The minimum Gasteiger partial charge on any atom is -0.356 e. The first kappa shape index (κ1) is 23.2. The van der Waals surface area contributed by atoms with Gasteiger partial charge in [-0.1, -0.05) is 44.2 Å². The van der Waals surface area contributed by atoms with Gasteiger partial charge < -0.3 is 15.5 Å². The molecule has 1 heterocycles. The van der Waals surface area contributed by atoms with Crippen molar-refractivity contribution < 1.29 is 0 Å². The van der Waals surface area contributed by atoms with Gasteiger partial charge in [-0.25, -0.2) is 0 Å². The molecule has 26 heavy (non-hydrogen) atoms. The molecular formula is C21H37IN4. The summed E-state index contributed by atoms with van der Waals surface area (Å²) in [5.74, 6) is 2.22. The summed E-state index contributed by atoms with van der Waals surface area (Å²) in [4.78, 5) is 6.95. The van der Waals surface area contributed by atoms with E-state index < -0.39 is 0 Å². The normalized spacial score (nSPS) is 18.7. The highest BCUT2D eigenvalue weighted by atomic mass is 127. The van der Waals surface area contributed by atoms with Crippen LogP contribution in [0.4, 0.5) is 0 Å². The molecule has 1 aliphatic rings. The van der Waals surface area contributed by atoms with E-state index in [9.17, 15) is 0 Å². The first-order chi connectivity index (χ1) is 12.1. The molecule has 2 unspecified atom stereocenters. The minimum atomic E-state index is 0. The summed E-state index contributed by atoms with van der Waals surface area (Å²) in [5, 5.41) is 7.05. The standard InChI is InChI=1S/C21H36N4.HI/c1-5-25-15-12-19(13-16-25)11-14-23-21(22-4)24-18(3)17(2)20-9-7-6-8-10-20;/h6-10,17-19H,5,11-16H2,1-4H3,(H2,22,23,24);1H. The molecule has 0 spiro atoms. The maximum Gasteiger partial charge on any atom is 0.191 e. The van der Waals surface area contributed by atoms with E-state index in [0.29, 0.717) is 12.0 Å². The second-order valence-electron chi connectivity index (χ2n) is 7.30. The number of hydrogen-bond acceptors (Lipinski definition) is 2. The zero-order valence-electron chi connectivity index (χ0n) is 16.9. The van der Waals surface area contributed by atoms with Gasteiger partial charge in [0.15, 0.2) is 5.96 Å². The Bertz CT molecular complexity index is 512. The fourth-order valence-corrected chi connectivity index (χ4v) is 3.57. The summed E-state index contributed by atoms with van der Waals surface area (Å²) in [7, 11) is 1.86. The Hall–Kier alpha value is -0.820. The van der Waals surface area contributed by atoms with Gasteiger partial charge in [-0.05, 0) is 57.3 Å². The number of nitrogens with one attached hydrogen (secondary N) is 2. The smallest absolute Gasteiger partial charge is 0.191 e. The Morgan fingerprint density at radius 1 is 1.19 bits per heavy atom. The molecular weight excluding hydrogens is 435 g/mol. The Balaban J connectivity index is 0.00000338. The topological polar surface area (TPSA) is 39.7 Å². The maximum atomic E-state index is 4.40. The molecule has 1 aromatic carbocycles. The first-order valence-electron chi connectivity index (χ1n) is 9.88. The minimum absolute atomic E-state index is 0. The third kappa shape index (κ3) is 7.43. The number of rotatable bonds is 7. The van der Waals surface area contributed by atoms with Crippen molar-refractivity contribution in [2.24, 2.45) is 10.9 Å². The van der Waals surface area contributed by atoms with Gasteiger partial charge in [-0.3, -0.25) is 4.99 Å². The maximum absolute atomic E-state index is 4.40. The van der Waals surface area contributed by atoms with E-state index >= 15 is 0 Å². The van der Waals surface area contributed by atoms with Crippen molar-refractivity contribution in [3.05, 3.63) is 35.9 Å². The van der Waals surface area contributed by atoms with Gasteiger partial charge in [-0.2, -0.15) is 0 Å². The Morgan fingerprint density at radius 3 is 2.42 bits per heavy atom. The lowest BCUT2D eigenvalue weighted by Gasteiger charge is -2.31. The van der Waals surface area contributed by atoms with Gasteiger partial charge in [0.2, 0.25) is 0 Å². The number of guanidine groups is 1. The second kappa shape index (κ2) is 12.5. The Morgan fingerprint density at radius 2 is 1.85 bits per heavy atom. The highest BCUT2D eigenvalue weighted by molar-refractivity contribution is 14.0. The predicted molar refractivity (Wildman–Crippen MR) is 124 cm³/mol. The van der Waals surface area contributed by atoms with Gasteiger partial charge in [-0.15, -0.1) is 24.0 Å². The van der Waals surface area contributed by atoms with Gasteiger partial charge in [0.25, 0.3) is 0 Å². The molecule has 0 saturated carbocycles. The first-order valence-corrected chi connectivity index (χ1v) is 9.88. The van der Waals surface area contributed by atoms with E-state index in [4.69, 9.17) is 0 Å². The van der Waals surface area contributed by atoms with Crippen molar-refractivity contribution in [2.75, 3.05) is 33.2 Å². The lowest BCUT2D eigenvalue weighted by atomic mass is 9.93. The summed E-state index contributed by atoms with van der Waals surface area (Å²) in [6.07, 6.45) is 3.91. The predicted octanol–water partition coefficient (Wildman–Crippen LogP) is 4.08. The monoisotopic (exact) mass is 472 g/mol. The molecule has 0 aromatic heterocycles. The molecule has 1 aliphatic heterocycles. The van der Waals surface area contributed by atoms with E-state index in [1.165, 1.54) is 44.5 Å². The number of hydrogen-bond donors (Lipinski definition) is 2. The second-order valence-corrected chi connectivity index (χ2v) is 7.30. The van der Waals surface area contributed by atoms with Crippen LogP contribution in [0, 0.1) is 5.92 Å². The van der Waals surface area contributed by atoms with Crippen LogP contribution in [0.2, 0.25) is 0 Å². The molecule has 0 radical (unpaired) electrons. The van der Waals surface area contributed by atoms with Crippen molar-refractivity contribution >= 4 is 29.9 Å². The van der Waals surface area contributed by atoms with Crippen LogP contribution in [0.5, 0.6) is 0 Å². The number of piperidine rings is 1. The third-order valence-corrected chi connectivity index (χ3v) is 5.66. The summed E-state index contributed by atoms with van der Waals surface area (Å²) >= 11 is 0. The summed E-state index contributed by atoms with van der Waals surface area (Å²) in [5.41, 5.74) is 1.36. The molecule has 1 fully saturated rings. The van der Waals surface area contributed by atoms with E-state index in [-0.39, 0.29) is 24.0 Å². The number of aliphatic imine (C=N–C) groups is 1. The highest BCUT2D eigenvalue weighted by Gasteiger charge is 2.18. The van der Waals surface area contributed by atoms with Gasteiger partial charge >= 0.3 is 0 Å². The summed E-state index contributed by atoms with van der Waals surface area (Å²) in [6.45, 7) is 11.5.